The number of anilines is 3. The van der Waals surface area contributed by atoms with E-state index >= 15 is 0 Å². The Bertz CT molecular complexity index is 890. The summed E-state index contributed by atoms with van der Waals surface area (Å²) in [6, 6.07) is 11.0. The molecule has 31 heavy (non-hydrogen) atoms. The smallest absolute Gasteiger partial charge is 0.219 e. The molecule has 2 N–H and O–H groups in total. The SMILES string of the molecule is NC(=O)CCN(c1cc(N2CCOCC2)ccn1)[C@@H]1CCCN(c2cccc(F)c2)C1. The monoisotopic (exact) mass is 427 g/mol. The van der Waals surface area contributed by atoms with Crippen molar-refractivity contribution in [3.05, 3.63) is 48.4 Å². The van der Waals surface area contributed by atoms with Crippen LogP contribution in [-0.2, 0) is 9.53 Å². The Balaban J connectivity index is 1.56. The van der Waals surface area contributed by atoms with Crippen molar-refractivity contribution in [2.75, 3.05) is 60.6 Å². The molecule has 0 saturated carbocycles. The lowest BCUT2D eigenvalue weighted by Crippen LogP contribution is -2.49. The number of rotatable bonds is 7. The maximum Gasteiger partial charge on any atom is 0.219 e. The van der Waals surface area contributed by atoms with Crippen LogP contribution in [0.5, 0.6) is 0 Å². The predicted molar refractivity (Wildman–Crippen MR) is 120 cm³/mol. The molecule has 166 valence electrons. The maximum atomic E-state index is 13.8. The molecule has 0 spiro atoms. The second-order valence-corrected chi connectivity index (χ2v) is 8.10. The van der Waals surface area contributed by atoms with E-state index < -0.39 is 0 Å². The highest BCUT2D eigenvalue weighted by atomic mass is 19.1. The van der Waals surface area contributed by atoms with Crippen molar-refractivity contribution >= 4 is 23.1 Å². The first-order chi connectivity index (χ1) is 15.1. The van der Waals surface area contributed by atoms with Gasteiger partial charge in [0.25, 0.3) is 0 Å². The molecule has 2 aliphatic rings. The minimum absolute atomic E-state index is 0.156. The molecule has 7 nitrogen and oxygen atoms in total. The number of nitrogens with zero attached hydrogens (tertiary/aromatic N) is 4. The number of ether oxygens (including phenoxy) is 1. The molecule has 2 aromatic rings. The van der Waals surface area contributed by atoms with E-state index in [2.05, 4.69) is 25.8 Å². The number of primary amides is 1. The number of hydrogen-bond acceptors (Lipinski definition) is 6. The summed E-state index contributed by atoms with van der Waals surface area (Å²) in [6.45, 7) is 5.26. The van der Waals surface area contributed by atoms with Crippen LogP contribution in [0.3, 0.4) is 0 Å². The third-order valence-electron chi connectivity index (χ3n) is 6.01. The number of carbonyl (C=O) groups excluding carboxylic acids is 1. The number of hydrogen-bond donors (Lipinski definition) is 1. The number of nitrogens with two attached hydrogens (primary N) is 1. The highest BCUT2D eigenvalue weighted by Crippen LogP contribution is 2.28. The molecule has 0 bridgehead atoms. The van der Waals surface area contributed by atoms with Crippen LogP contribution < -0.4 is 20.4 Å². The summed E-state index contributed by atoms with van der Waals surface area (Å²) in [4.78, 5) is 22.9. The number of benzene rings is 1. The van der Waals surface area contributed by atoms with Gasteiger partial charge in [0, 0.05) is 68.8 Å². The average molecular weight is 428 g/mol. The summed E-state index contributed by atoms with van der Waals surface area (Å²) in [5.74, 6) is 0.286. The quantitative estimate of drug-likeness (QED) is 0.732. The van der Waals surface area contributed by atoms with Gasteiger partial charge < -0.3 is 25.2 Å². The molecule has 1 atom stereocenters. The molecule has 0 radical (unpaired) electrons. The van der Waals surface area contributed by atoms with Gasteiger partial charge in [-0.25, -0.2) is 9.37 Å². The van der Waals surface area contributed by atoms with E-state index in [-0.39, 0.29) is 24.2 Å². The number of aromatic nitrogens is 1. The zero-order valence-electron chi connectivity index (χ0n) is 17.8. The standard InChI is InChI=1S/C23H30FN5O2/c24-18-3-1-4-19(15-18)28-9-2-5-21(17-28)29(10-7-22(25)30)23-16-20(6-8-26-23)27-11-13-31-14-12-27/h1,3-4,6,8,15-16,21H,2,5,7,9-14,17H2,(H2,25,30)/t21-/m1/s1. The van der Waals surface area contributed by atoms with E-state index in [4.69, 9.17) is 10.5 Å². The summed E-state index contributed by atoms with van der Waals surface area (Å²) < 4.78 is 19.2. The third kappa shape index (κ3) is 5.44. The van der Waals surface area contributed by atoms with E-state index in [0.717, 1.165) is 56.2 Å². The number of carbonyl (C=O) groups is 1. The van der Waals surface area contributed by atoms with Crippen molar-refractivity contribution in [2.45, 2.75) is 25.3 Å². The average Bonchev–Trinajstić information content (AvgIpc) is 2.80. The van der Waals surface area contributed by atoms with Crippen LogP contribution >= 0.6 is 0 Å². The van der Waals surface area contributed by atoms with Gasteiger partial charge in [0.15, 0.2) is 0 Å². The van der Waals surface area contributed by atoms with E-state index in [9.17, 15) is 9.18 Å². The third-order valence-corrected chi connectivity index (χ3v) is 6.01. The minimum atomic E-state index is -0.327. The number of halogens is 1. The number of piperidine rings is 1. The van der Waals surface area contributed by atoms with Crippen LogP contribution in [0.1, 0.15) is 19.3 Å². The van der Waals surface area contributed by atoms with Crippen LogP contribution in [0.2, 0.25) is 0 Å². The van der Waals surface area contributed by atoms with Gasteiger partial charge in [0.05, 0.1) is 13.2 Å². The Morgan fingerprint density at radius 3 is 2.74 bits per heavy atom. The van der Waals surface area contributed by atoms with E-state index in [1.165, 1.54) is 6.07 Å². The highest BCUT2D eigenvalue weighted by molar-refractivity contribution is 5.74. The molecule has 1 amide bonds. The minimum Gasteiger partial charge on any atom is -0.378 e. The van der Waals surface area contributed by atoms with Gasteiger partial charge in [-0.1, -0.05) is 6.07 Å². The van der Waals surface area contributed by atoms with Crippen molar-refractivity contribution in [1.82, 2.24) is 4.98 Å². The van der Waals surface area contributed by atoms with Gasteiger partial charge in [-0.05, 0) is 37.1 Å². The molecule has 2 fully saturated rings. The Kier molecular flexibility index (Phi) is 6.86. The molecule has 2 saturated heterocycles. The predicted octanol–water partition coefficient (Wildman–Crippen LogP) is 2.41. The molecular formula is C23H30FN5O2. The molecule has 2 aliphatic heterocycles. The molecule has 0 unspecified atom stereocenters. The molecule has 1 aromatic heterocycles. The zero-order chi connectivity index (χ0) is 21.6. The first kappa shape index (κ1) is 21.4. The summed E-state index contributed by atoms with van der Waals surface area (Å²) >= 11 is 0. The van der Waals surface area contributed by atoms with Crippen molar-refractivity contribution < 1.29 is 13.9 Å². The van der Waals surface area contributed by atoms with Crippen LogP contribution in [0.25, 0.3) is 0 Å². The van der Waals surface area contributed by atoms with Gasteiger partial charge in [0.1, 0.15) is 11.6 Å². The molecule has 8 heteroatoms. The lowest BCUT2D eigenvalue weighted by molar-refractivity contribution is -0.117. The fraction of sp³-hybridized carbons (Fsp3) is 0.478. The molecule has 0 aliphatic carbocycles. The van der Waals surface area contributed by atoms with Gasteiger partial charge in [-0.15, -0.1) is 0 Å². The van der Waals surface area contributed by atoms with Crippen molar-refractivity contribution in [2.24, 2.45) is 5.73 Å². The summed E-state index contributed by atoms with van der Waals surface area (Å²) in [7, 11) is 0. The van der Waals surface area contributed by atoms with Gasteiger partial charge >= 0.3 is 0 Å². The molecule has 1 aromatic carbocycles. The van der Waals surface area contributed by atoms with Crippen LogP contribution in [0.15, 0.2) is 42.6 Å². The van der Waals surface area contributed by atoms with Crippen molar-refractivity contribution in [3.63, 3.8) is 0 Å². The topological polar surface area (TPSA) is 74.9 Å². The Hall–Kier alpha value is -2.87. The van der Waals surface area contributed by atoms with E-state index in [1.54, 1.807) is 12.1 Å². The first-order valence-corrected chi connectivity index (χ1v) is 10.9. The Morgan fingerprint density at radius 2 is 1.97 bits per heavy atom. The fourth-order valence-corrected chi connectivity index (χ4v) is 4.41. The van der Waals surface area contributed by atoms with Crippen LogP contribution in [0, 0.1) is 5.82 Å². The summed E-state index contributed by atoms with van der Waals surface area (Å²) in [6.07, 6.45) is 4.05. The molecule has 3 heterocycles. The fourth-order valence-electron chi connectivity index (χ4n) is 4.41. The number of morpholine rings is 1. The Morgan fingerprint density at radius 1 is 1.16 bits per heavy atom. The van der Waals surface area contributed by atoms with Gasteiger partial charge in [0.2, 0.25) is 5.91 Å². The first-order valence-electron chi connectivity index (χ1n) is 10.9. The van der Waals surface area contributed by atoms with E-state index in [0.29, 0.717) is 19.8 Å². The van der Waals surface area contributed by atoms with Gasteiger partial charge in [-0.2, -0.15) is 0 Å². The normalized spacial score (nSPS) is 19.3. The van der Waals surface area contributed by atoms with Crippen molar-refractivity contribution in [1.29, 1.82) is 0 Å². The van der Waals surface area contributed by atoms with Crippen LogP contribution in [-0.4, -0.2) is 62.9 Å². The zero-order valence-corrected chi connectivity index (χ0v) is 17.8. The maximum absolute atomic E-state index is 13.8. The summed E-state index contributed by atoms with van der Waals surface area (Å²) in [5.41, 5.74) is 7.46. The second-order valence-electron chi connectivity index (χ2n) is 8.10. The van der Waals surface area contributed by atoms with E-state index in [1.807, 2.05) is 18.3 Å². The Labute approximate surface area is 182 Å². The van der Waals surface area contributed by atoms with Crippen molar-refractivity contribution in [3.8, 4) is 0 Å². The molecular weight excluding hydrogens is 397 g/mol. The van der Waals surface area contributed by atoms with Gasteiger partial charge in [-0.3, -0.25) is 4.79 Å². The number of pyridine rings is 1. The largest absolute Gasteiger partial charge is 0.378 e. The lowest BCUT2D eigenvalue weighted by atomic mass is 10.0. The number of amides is 1. The van der Waals surface area contributed by atoms with Crippen LogP contribution in [0.4, 0.5) is 21.6 Å². The highest BCUT2D eigenvalue weighted by Gasteiger charge is 2.27. The lowest BCUT2D eigenvalue weighted by Gasteiger charge is -2.41. The molecule has 4 rings (SSSR count). The summed E-state index contributed by atoms with van der Waals surface area (Å²) in [5, 5.41) is 0. The second kappa shape index (κ2) is 9.96.